The van der Waals surface area contributed by atoms with E-state index in [-0.39, 0.29) is 0 Å². The summed E-state index contributed by atoms with van der Waals surface area (Å²) in [4.78, 5) is 4.23. The number of hydrogen-bond donors (Lipinski definition) is 0. The number of rotatable bonds is 3. The van der Waals surface area contributed by atoms with E-state index in [0.717, 1.165) is 5.56 Å². The Balaban J connectivity index is 2.26. The number of methoxy groups -OCH3 is 2. The smallest absolute Gasteiger partial charge is 0.173 e. The Hall–Kier alpha value is -2.34. The van der Waals surface area contributed by atoms with Crippen LogP contribution in [0.3, 0.4) is 0 Å². The van der Waals surface area contributed by atoms with E-state index in [0.29, 0.717) is 33.9 Å². The van der Waals surface area contributed by atoms with Crippen molar-refractivity contribution in [2.24, 2.45) is 0 Å². The fraction of sp³-hybridized carbons (Fsp3) is 0.214. The zero-order valence-corrected chi connectivity index (χ0v) is 12.5. The van der Waals surface area contributed by atoms with Crippen molar-refractivity contribution >= 4 is 17.2 Å². The molecule has 0 aliphatic heterocycles. The maximum absolute atomic E-state index is 5.94. The van der Waals surface area contributed by atoms with Gasteiger partial charge >= 0.3 is 0 Å². The van der Waals surface area contributed by atoms with Gasteiger partial charge in [0.25, 0.3) is 0 Å². The van der Waals surface area contributed by atoms with Crippen LogP contribution in [0.25, 0.3) is 17.0 Å². The number of benzene rings is 1. The van der Waals surface area contributed by atoms with Crippen molar-refractivity contribution in [2.45, 2.75) is 6.92 Å². The molecule has 0 unspecified atom stereocenters. The molecule has 6 nitrogen and oxygen atoms in total. The zero-order valence-electron chi connectivity index (χ0n) is 11.8. The molecule has 3 rings (SSSR count). The van der Waals surface area contributed by atoms with Crippen molar-refractivity contribution in [3.05, 3.63) is 35.2 Å². The minimum absolute atomic E-state index is 0.389. The number of aryl methyl sites for hydroxylation is 1. The molecule has 0 radical (unpaired) electrons. The van der Waals surface area contributed by atoms with Crippen molar-refractivity contribution in [2.75, 3.05) is 14.2 Å². The van der Waals surface area contributed by atoms with Crippen LogP contribution in [-0.2, 0) is 0 Å². The second-order valence-corrected chi connectivity index (χ2v) is 4.80. The molecule has 2 aromatic heterocycles. The third-order valence-electron chi connectivity index (χ3n) is 3.18. The Morgan fingerprint density at radius 3 is 2.62 bits per heavy atom. The summed E-state index contributed by atoms with van der Waals surface area (Å²) in [6.45, 7) is 1.85. The fourth-order valence-corrected chi connectivity index (χ4v) is 2.43. The van der Waals surface area contributed by atoms with E-state index >= 15 is 0 Å². The monoisotopic (exact) mass is 304 g/mol. The molecule has 0 aliphatic rings. The van der Waals surface area contributed by atoms with Gasteiger partial charge in [-0.25, -0.2) is 4.98 Å². The van der Waals surface area contributed by atoms with Gasteiger partial charge in [0, 0.05) is 12.1 Å². The average Bonchev–Trinajstić information content (AvgIpc) is 2.90. The first-order valence-electron chi connectivity index (χ1n) is 6.24. The quantitative estimate of drug-likeness (QED) is 0.696. The number of ether oxygens (including phenoxy) is 2. The van der Waals surface area contributed by atoms with Gasteiger partial charge in [0.15, 0.2) is 11.5 Å². The Bertz CT molecular complexity index is 816. The molecule has 108 valence electrons. The van der Waals surface area contributed by atoms with Crippen LogP contribution in [0.15, 0.2) is 24.3 Å². The van der Waals surface area contributed by atoms with Crippen LogP contribution < -0.4 is 9.47 Å². The van der Waals surface area contributed by atoms with Crippen molar-refractivity contribution < 1.29 is 9.47 Å². The second-order valence-electron chi connectivity index (χ2n) is 4.41. The van der Waals surface area contributed by atoms with Gasteiger partial charge < -0.3 is 9.47 Å². The van der Waals surface area contributed by atoms with Gasteiger partial charge in [-0.05, 0) is 19.1 Å². The van der Waals surface area contributed by atoms with E-state index in [1.165, 1.54) is 0 Å². The minimum atomic E-state index is 0.389. The summed E-state index contributed by atoms with van der Waals surface area (Å²) in [6, 6.07) is 7.19. The lowest BCUT2D eigenvalue weighted by Crippen LogP contribution is -1.99. The molecule has 0 aliphatic carbocycles. The van der Waals surface area contributed by atoms with Crippen LogP contribution in [0.2, 0.25) is 5.15 Å². The lowest BCUT2D eigenvalue weighted by atomic mass is 10.1. The van der Waals surface area contributed by atoms with Crippen molar-refractivity contribution in [1.29, 1.82) is 0 Å². The Morgan fingerprint density at radius 2 is 1.90 bits per heavy atom. The Morgan fingerprint density at radius 1 is 1.10 bits per heavy atom. The summed E-state index contributed by atoms with van der Waals surface area (Å²) in [5.41, 5.74) is 1.44. The molecular weight excluding hydrogens is 292 g/mol. The Labute approximate surface area is 126 Å². The molecule has 0 saturated heterocycles. The third kappa shape index (κ3) is 2.27. The minimum Gasteiger partial charge on any atom is -0.497 e. The molecule has 0 bridgehead atoms. The molecule has 0 spiro atoms. The van der Waals surface area contributed by atoms with Crippen LogP contribution in [0.4, 0.5) is 0 Å². The van der Waals surface area contributed by atoms with Crippen LogP contribution in [0.1, 0.15) is 5.82 Å². The van der Waals surface area contributed by atoms with Gasteiger partial charge in [0.1, 0.15) is 22.5 Å². The summed E-state index contributed by atoms with van der Waals surface area (Å²) in [7, 11) is 3.21. The van der Waals surface area contributed by atoms with E-state index in [2.05, 4.69) is 15.2 Å². The van der Waals surface area contributed by atoms with E-state index < -0.39 is 0 Å². The van der Waals surface area contributed by atoms with Gasteiger partial charge in [-0.2, -0.15) is 0 Å². The lowest BCUT2D eigenvalue weighted by Gasteiger charge is -2.10. The average molecular weight is 305 g/mol. The molecule has 2 heterocycles. The normalized spacial score (nSPS) is 10.9. The first-order chi connectivity index (χ1) is 10.1. The molecular formula is C14H13ClN4O2. The summed E-state index contributed by atoms with van der Waals surface area (Å²) in [6.07, 6.45) is 0. The molecule has 0 atom stereocenters. The first-order valence-corrected chi connectivity index (χ1v) is 6.62. The van der Waals surface area contributed by atoms with Gasteiger partial charge in [-0.15, -0.1) is 10.2 Å². The highest BCUT2D eigenvalue weighted by atomic mass is 35.5. The largest absolute Gasteiger partial charge is 0.497 e. The highest BCUT2D eigenvalue weighted by molar-refractivity contribution is 6.29. The van der Waals surface area contributed by atoms with E-state index in [1.807, 2.05) is 23.5 Å². The van der Waals surface area contributed by atoms with Crippen LogP contribution >= 0.6 is 11.6 Å². The highest BCUT2D eigenvalue weighted by Crippen LogP contribution is 2.32. The molecule has 3 aromatic rings. The van der Waals surface area contributed by atoms with Gasteiger partial charge in [0.2, 0.25) is 0 Å². The SMILES string of the molecule is COc1ccc(-c2nnc3cc(Cl)nc(C)n23)c(OC)c1. The van der Waals surface area contributed by atoms with E-state index in [4.69, 9.17) is 21.1 Å². The fourth-order valence-electron chi connectivity index (χ4n) is 2.21. The lowest BCUT2D eigenvalue weighted by molar-refractivity contribution is 0.395. The third-order valence-corrected chi connectivity index (χ3v) is 3.37. The van der Waals surface area contributed by atoms with Crippen molar-refractivity contribution in [3.8, 4) is 22.9 Å². The summed E-state index contributed by atoms with van der Waals surface area (Å²) >= 11 is 5.94. The second kappa shape index (κ2) is 5.21. The van der Waals surface area contributed by atoms with Gasteiger partial charge in [-0.1, -0.05) is 11.6 Å². The molecule has 1 aromatic carbocycles. The van der Waals surface area contributed by atoms with Crippen molar-refractivity contribution in [1.82, 2.24) is 19.6 Å². The van der Waals surface area contributed by atoms with Crippen LogP contribution in [-0.4, -0.2) is 33.8 Å². The van der Waals surface area contributed by atoms with Gasteiger partial charge in [-0.3, -0.25) is 4.40 Å². The van der Waals surface area contributed by atoms with E-state index in [1.54, 1.807) is 26.4 Å². The maximum Gasteiger partial charge on any atom is 0.173 e. The maximum atomic E-state index is 5.94. The predicted molar refractivity (Wildman–Crippen MR) is 79.1 cm³/mol. The molecule has 0 fully saturated rings. The number of fused-ring (bicyclic) bond motifs is 1. The molecule has 0 amide bonds. The summed E-state index contributed by atoms with van der Waals surface area (Å²) < 4.78 is 12.4. The molecule has 0 saturated carbocycles. The summed E-state index contributed by atoms with van der Waals surface area (Å²) in [5, 5.41) is 8.75. The number of nitrogens with zero attached hydrogens (tertiary/aromatic N) is 4. The standard InChI is InChI=1S/C14H13ClN4O2/c1-8-16-12(15)7-13-17-18-14(19(8)13)10-5-4-9(20-2)6-11(10)21-3/h4-7H,1-3H3. The Kier molecular flexibility index (Phi) is 3.39. The van der Waals surface area contributed by atoms with Gasteiger partial charge in [0.05, 0.1) is 19.8 Å². The highest BCUT2D eigenvalue weighted by Gasteiger charge is 2.16. The molecule has 0 N–H and O–H groups in total. The predicted octanol–water partition coefficient (Wildman–Crippen LogP) is 2.77. The summed E-state index contributed by atoms with van der Waals surface area (Å²) in [5.74, 6) is 2.71. The first kappa shape index (κ1) is 13.6. The molecule has 21 heavy (non-hydrogen) atoms. The number of hydrogen-bond acceptors (Lipinski definition) is 5. The number of halogens is 1. The van der Waals surface area contributed by atoms with E-state index in [9.17, 15) is 0 Å². The number of aromatic nitrogens is 4. The zero-order chi connectivity index (χ0) is 15.0. The molecule has 7 heteroatoms. The van der Waals surface area contributed by atoms with Crippen molar-refractivity contribution in [3.63, 3.8) is 0 Å². The van der Waals surface area contributed by atoms with Crippen LogP contribution in [0.5, 0.6) is 11.5 Å². The van der Waals surface area contributed by atoms with Crippen LogP contribution in [0, 0.1) is 6.92 Å². The topological polar surface area (TPSA) is 61.5 Å².